The van der Waals surface area contributed by atoms with Crippen LogP contribution in [0.5, 0.6) is 0 Å². The molecule has 74 valence electrons. The van der Waals surface area contributed by atoms with Crippen molar-refractivity contribution in [2.75, 3.05) is 13.1 Å². The Bertz CT molecular complexity index is 201. The second kappa shape index (κ2) is 4.08. The van der Waals surface area contributed by atoms with Crippen LogP contribution in [0.2, 0.25) is 0 Å². The molecule has 2 atom stereocenters. The molecule has 1 aliphatic heterocycles. The quantitative estimate of drug-likeness (QED) is 0.679. The van der Waals surface area contributed by atoms with E-state index in [-0.39, 0.29) is 5.54 Å². The van der Waals surface area contributed by atoms with E-state index in [2.05, 4.69) is 30.6 Å². The van der Waals surface area contributed by atoms with Crippen molar-refractivity contribution in [1.29, 1.82) is 5.26 Å². The molecule has 1 heterocycles. The van der Waals surface area contributed by atoms with Crippen LogP contribution in [-0.2, 0) is 0 Å². The molecule has 0 bridgehead atoms. The fraction of sp³-hybridized carbons (Fsp3) is 0.900. The SMILES string of the molecule is CC(C)NC(C)(C#N)C1CCNC1. The Balaban J connectivity index is 2.63. The molecule has 1 aliphatic rings. The normalized spacial score (nSPS) is 27.2. The summed E-state index contributed by atoms with van der Waals surface area (Å²) in [5.41, 5.74) is -0.363. The largest absolute Gasteiger partial charge is 0.316 e. The van der Waals surface area contributed by atoms with E-state index in [0.29, 0.717) is 12.0 Å². The van der Waals surface area contributed by atoms with Gasteiger partial charge >= 0.3 is 0 Å². The number of hydrogen-bond donors (Lipinski definition) is 2. The lowest BCUT2D eigenvalue weighted by molar-refractivity contribution is 0.295. The summed E-state index contributed by atoms with van der Waals surface area (Å²) in [5, 5.41) is 15.8. The highest BCUT2D eigenvalue weighted by Crippen LogP contribution is 2.23. The van der Waals surface area contributed by atoms with E-state index in [0.717, 1.165) is 19.5 Å². The maximum absolute atomic E-state index is 9.15. The predicted octanol–water partition coefficient (Wildman–Crippen LogP) is 0.876. The van der Waals surface area contributed by atoms with E-state index >= 15 is 0 Å². The van der Waals surface area contributed by atoms with Gasteiger partial charge < -0.3 is 5.32 Å². The minimum absolute atomic E-state index is 0.363. The molecule has 0 saturated carbocycles. The molecule has 0 aromatic carbocycles. The Hall–Kier alpha value is -0.590. The zero-order valence-corrected chi connectivity index (χ0v) is 8.72. The fourth-order valence-corrected chi connectivity index (χ4v) is 1.99. The lowest BCUT2D eigenvalue weighted by atomic mass is 9.85. The van der Waals surface area contributed by atoms with Crippen LogP contribution >= 0.6 is 0 Å². The molecule has 2 unspecified atom stereocenters. The van der Waals surface area contributed by atoms with Crippen molar-refractivity contribution in [3.63, 3.8) is 0 Å². The van der Waals surface area contributed by atoms with Gasteiger partial charge in [-0.1, -0.05) is 0 Å². The van der Waals surface area contributed by atoms with Gasteiger partial charge in [0.2, 0.25) is 0 Å². The van der Waals surface area contributed by atoms with Crippen LogP contribution in [0.25, 0.3) is 0 Å². The van der Waals surface area contributed by atoms with Crippen LogP contribution in [0.3, 0.4) is 0 Å². The molecule has 0 spiro atoms. The number of nitriles is 1. The number of rotatable bonds is 3. The highest BCUT2D eigenvalue weighted by atomic mass is 15.0. The number of hydrogen-bond acceptors (Lipinski definition) is 3. The minimum atomic E-state index is -0.363. The molecule has 0 aromatic heterocycles. The molecule has 1 fully saturated rings. The van der Waals surface area contributed by atoms with Crippen molar-refractivity contribution >= 4 is 0 Å². The van der Waals surface area contributed by atoms with Crippen LogP contribution in [0.15, 0.2) is 0 Å². The zero-order chi connectivity index (χ0) is 9.90. The zero-order valence-electron chi connectivity index (χ0n) is 8.72. The van der Waals surface area contributed by atoms with Crippen LogP contribution in [0.1, 0.15) is 27.2 Å². The summed E-state index contributed by atoms with van der Waals surface area (Å²) in [6.07, 6.45) is 1.10. The van der Waals surface area contributed by atoms with E-state index in [1.54, 1.807) is 0 Å². The van der Waals surface area contributed by atoms with Gasteiger partial charge in [-0.2, -0.15) is 5.26 Å². The summed E-state index contributed by atoms with van der Waals surface area (Å²) >= 11 is 0. The maximum atomic E-state index is 9.15. The molecule has 1 saturated heterocycles. The molecule has 0 amide bonds. The third-order valence-electron chi connectivity index (χ3n) is 2.70. The van der Waals surface area contributed by atoms with Gasteiger partial charge in [-0.3, -0.25) is 5.32 Å². The summed E-state index contributed by atoms with van der Waals surface area (Å²) in [6, 6.07) is 2.77. The molecule has 0 aromatic rings. The van der Waals surface area contributed by atoms with E-state index in [1.165, 1.54) is 0 Å². The van der Waals surface area contributed by atoms with Crippen molar-refractivity contribution < 1.29 is 0 Å². The Kier molecular flexibility index (Phi) is 3.29. The number of nitrogens with zero attached hydrogens (tertiary/aromatic N) is 1. The molecule has 0 aliphatic carbocycles. The second-order valence-electron chi connectivity index (χ2n) is 4.30. The van der Waals surface area contributed by atoms with Crippen LogP contribution < -0.4 is 10.6 Å². The van der Waals surface area contributed by atoms with E-state index < -0.39 is 0 Å². The van der Waals surface area contributed by atoms with Gasteiger partial charge in [0, 0.05) is 18.5 Å². The first kappa shape index (κ1) is 10.5. The van der Waals surface area contributed by atoms with Crippen molar-refractivity contribution in [3.05, 3.63) is 0 Å². The molecular weight excluding hydrogens is 162 g/mol. The monoisotopic (exact) mass is 181 g/mol. The molecule has 2 N–H and O–H groups in total. The average Bonchev–Trinajstić information content (AvgIpc) is 2.55. The lowest BCUT2D eigenvalue weighted by Gasteiger charge is -2.31. The first-order valence-corrected chi connectivity index (χ1v) is 4.98. The smallest absolute Gasteiger partial charge is 0.108 e. The molecule has 3 heteroatoms. The summed E-state index contributed by atoms with van der Waals surface area (Å²) in [5.74, 6) is 0.444. The van der Waals surface area contributed by atoms with Crippen molar-refractivity contribution in [2.45, 2.75) is 38.8 Å². The van der Waals surface area contributed by atoms with E-state index in [4.69, 9.17) is 5.26 Å². The van der Waals surface area contributed by atoms with Crippen molar-refractivity contribution in [2.24, 2.45) is 5.92 Å². The summed E-state index contributed by atoms with van der Waals surface area (Å²) in [6.45, 7) is 8.17. The van der Waals surface area contributed by atoms with Gasteiger partial charge in [-0.05, 0) is 33.7 Å². The first-order chi connectivity index (χ1) is 6.08. The van der Waals surface area contributed by atoms with E-state index in [9.17, 15) is 0 Å². The van der Waals surface area contributed by atoms with Gasteiger partial charge in [-0.15, -0.1) is 0 Å². The highest BCUT2D eigenvalue weighted by Gasteiger charge is 2.36. The van der Waals surface area contributed by atoms with Gasteiger partial charge in [-0.25, -0.2) is 0 Å². The highest BCUT2D eigenvalue weighted by molar-refractivity contribution is 5.10. The third kappa shape index (κ3) is 2.43. The van der Waals surface area contributed by atoms with Crippen LogP contribution in [-0.4, -0.2) is 24.7 Å². The molecule has 3 nitrogen and oxygen atoms in total. The molecule has 1 rings (SSSR count). The standard InChI is InChI=1S/C10H19N3/c1-8(2)13-10(3,7-11)9-4-5-12-6-9/h8-9,12-13H,4-6H2,1-3H3. The lowest BCUT2D eigenvalue weighted by Crippen LogP contribution is -2.51. The summed E-state index contributed by atoms with van der Waals surface area (Å²) < 4.78 is 0. The van der Waals surface area contributed by atoms with Gasteiger partial charge in [0.15, 0.2) is 0 Å². The minimum Gasteiger partial charge on any atom is -0.316 e. The summed E-state index contributed by atoms with van der Waals surface area (Å²) in [7, 11) is 0. The Morgan fingerprint density at radius 1 is 1.62 bits per heavy atom. The van der Waals surface area contributed by atoms with Crippen molar-refractivity contribution in [3.8, 4) is 6.07 Å². The van der Waals surface area contributed by atoms with E-state index in [1.807, 2.05) is 6.92 Å². The van der Waals surface area contributed by atoms with Gasteiger partial charge in [0.05, 0.1) is 6.07 Å². The second-order valence-corrected chi connectivity index (χ2v) is 4.30. The Morgan fingerprint density at radius 3 is 2.69 bits per heavy atom. The first-order valence-electron chi connectivity index (χ1n) is 4.98. The predicted molar refractivity (Wildman–Crippen MR) is 53.3 cm³/mol. The van der Waals surface area contributed by atoms with Gasteiger partial charge in [0.1, 0.15) is 5.54 Å². The average molecular weight is 181 g/mol. The van der Waals surface area contributed by atoms with Gasteiger partial charge in [0.25, 0.3) is 0 Å². The fourth-order valence-electron chi connectivity index (χ4n) is 1.99. The molecule has 13 heavy (non-hydrogen) atoms. The van der Waals surface area contributed by atoms with Crippen molar-refractivity contribution in [1.82, 2.24) is 10.6 Å². The third-order valence-corrected chi connectivity index (χ3v) is 2.70. The maximum Gasteiger partial charge on any atom is 0.108 e. The summed E-state index contributed by atoms with van der Waals surface area (Å²) in [4.78, 5) is 0. The molecule has 0 radical (unpaired) electrons. The Morgan fingerprint density at radius 2 is 2.31 bits per heavy atom. The Labute approximate surface area is 80.5 Å². The number of nitrogens with one attached hydrogen (secondary N) is 2. The van der Waals surface area contributed by atoms with Crippen LogP contribution in [0, 0.1) is 17.2 Å². The molecular formula is C10H19N3. The topological polar surface area (TPSA) is 47.9 Å². The van der Waals surface area contributed by atoms with Crippen LogP contribution in [0.4, 0.5) is 0 Å².